The van der Waals surface area contributed by atoms with Gasteiger partial charge in [0.15, 0.2) is 0 Å². The van der Waals surface area contributed by atoms with Crippen molar-refractivity contribution in [2.75, 3.05) is 13.1 Å². The predicted molar refractivity (Wildman–Crippen MR) is 69.5 cm³/mol. The third-order valence-electron chi connectivity index (χ3n) is 3.25. The van der Waals surface area contributed by atoms with Crippen LogP contribution in [0.5, 0.6) is 0 Å². The Hall–Kier alpha value is -1.42. The second-order valence-corrected chi connectivity index (χ2v) is 4.98. The first-order chi connectivity index (χ1) is 8.70. The van der Waals surface area contributed by atoms with Crippen LogP contribution >= 0.6 is 0 Å². The van der Waals surface area contributed by atoms with Gasteiger partial charge in [-0.3, -0.25) is 9.88 Å². The van der Waals surface area contributed by atoms with Crippen molar-refractivity contribution in [3.8, 4) is 0 Å². The number of carbonyl (C=O) groups is 1. The van der Waals surface area contributed by atoms with Crippen molar-refractivity contribution in [2.24, 2.45) is 5.92 Å². The Balaban J connectivity index is 2.06. The zero-order valence-electron chi connectivity index (χ0n) is 10.8. The standard InChI is InChI=1S/C14H20N2O2/c1-2-8-16(9-11-5-6-11)10-13-12(14(17)18)4-3-7-15-13/h3-4,7,11H,2,5-6,8-10H2,1H3,(H,17,18). The summed E-state index contributed by atoms with van der Waals surface area (Å²) >= 11 is 0. The molecule has 0 radical (unpaired) electrons. The normalized spacial score (nSPS) is 15.0. The number of nitrogens with zero attached hydrogens (tertiary/aromatic N) is 2. The monoisotopic (exact) mass is 248 g/mol. The quantitative estimate of drug-likeness (QED) is 0.805. The summed E-state index contributed by atoms with van der Waals surface area (Å²) in [5, 5.41) is 9.14. The van der Waals surface area contributed by atoms with E-state index in [1.165, 1.54) is 12.8 Å². The van der Waals surface area contributed by atoms with Gasteiger partial charge < -0.3 is 5.11 Å². The lowest BCUT2D eigenvalue weighted by atomic mass is 10.1. The molecule has 1 aromatic heterocycles. The highest BCUT2D eigenvalue weighted by molar-refractivity contribution is 5.88. The van der Waals surface area contributed by atoms with E-state index in [-0.39, 0.29) is 0 Å². The Morgan fingerprint density at radius 1 is 1.56 bits per heavy atom. The van der Waals surface area contributed by atoms with Crippen molar-refractivity contribution in [3.63, 3.8) is 0 Å². The molecule has 1 N–H and O–H groups in total. The molecular formula is C14H20N2O2. The molecule has 4 heteroatoms. The summed E-state index contributed by atoms with van der Waals surface area (Å²) in [5.74, 6) is -0.0745. The number of rotatable bonds is 7. The molecule has 0 amide bonds. The second kappa shape index (κ2) is 5.96. The van der Waals surface area contributed by atoms with Crippen molar-refractivity contribution in [2.45, 2.75) is 32.7 Å². The summed E-state index contributed by atoms with van der Waals surface area (Å²) in [7, 11) is 0. The van der Waals surface area contributed by atoms with Crippen LogP contribution in [0, 0.1) is 5.92 Å². The average Bonchev–Trinajstić information content (AvgIpc) is 3.13. The molecule has 0 aromatic carbocycles. The van der Waals surface area contributed by atoms with Gasteiger partial charge in [-0.1, -0.05) is 6.92 Å². The molecule has 1 aliphatic carbocycles. The minimum Gasteiger partial charge on any atom is -0.478 e. The van der Waals surface area contributed by atoms with Gasteiger partial charge in [0.25, 0.3) is 0 Å². The molecule has 0 atom stereocenters. The van der Waals surface area contributed by atoms with E-state index in [2.05, 4.69) is 16.8 Å². The molecule has 4 nitrogen and oxygen atoms in total. The number of carboxylic acid groups (broad SMARTS) is 1. The zero-order valence-corrected chi connectivity index (χ0v) is 10.8. The molecule has 1 saturated carbocycles. The maximum absolute atomic E-state index is 11.1. The first-order valence-electron chi connectivity index (χ1n) is 6.60. The number of carboxylic acids is 1. The largest absolute Gasteiger partial charge is 0.478 e. The highest BCUT2D eigenvalue weighted by Gasteiger charge is 2.24. The Morgan fingerprint density at radius 2 is 2.33 bits per heavy atom. The van der Waals surface area contributed by atoms with E-state index in [1.807, 2.05) is 0 Å². The molecule has 2 rings (SSSR count). The summed E-state index contributed by atoms with van der Waals surface area (Å²) in [6, 6.07) is 3.31. The molecule has 0 unspecified atom stereocenters. The molecule has 18 heavy (non-hydrogen) atoms. The Kier molecular flexibility index (Phi) is 4.31. The lowest BCUT2D eigenvalue weighted by Gasteiger charge is -2.21. The summed E-state index contributed by atoms with van der Waals surface area (Å²) in [4.78, 5) is 17.7. The van der Waals surface area contributed by atoms with E-state index >= 15 is 0 Å². The van der Waals surface area contributed by atoms with Crippen molar-refractivity contribution >= 4 is 5.97 Å². The molecular weight excluding hydrogens is 228 g/mol. The average molecular weight is 248 g/mol. The smallest absolute Gasteiger partial charge is 0.337 e. The van der Waals surface area contributed by atoms with Gasteiger partial charge in [-0.15, -0.1) is 0 Å². The number of pyridine rings is 1. The van der Waals surface area contributed by atoms with E-state index < -0.39 is 5.97 Å². The van der Waals surface area contributed by atoms with Crippen molar-refractivity contribution < 1.29 is 9.90 Å². The first kappa shape index (κ1) is 13.0. The van der Waals surface area contributed by atoms with Crippen LogP contribution in [0.3, 0.4) is 0 Å². The number of hydrogen-bond donors (Lipinski definition) is 1. The number of aromatic carboxylic acids is 1. The van der Waals surface area contributed by atoms with Crippen LogP contribution in [-0.4, -0.2) is 34.0 Å². The SMILES string of the molecule is CCCN(Cc1ncccc1C(=O)O)CC1CC1. The van der Waals surface area contributed by atoms with Crippen LogP contribution in [0.2, 0.25) is 0 Å². The lowest BCUT2D eigenvalue weighted by Crippen LogP contribution is -2.27. The van der Waals surface area contributed by atoms with Gasteiger partial charge in [-0.25, -0.2) is 4.79 Å². The van der Waals surface area contributed by atoms with E-state index in [0.717, 1.165) is 25.4 Å². The summed E-state index contributed by atoms with van der Waals surface area (Å²) in [6.45, 7) is 4.87. The van der Waals surface area contributed by atoms with Crippen LogP contribution in [-0.2, 0) is 6.54 Å². The second-order valence-electron chi connectivity index (χ2n) is 4.98. The van der Waals surface area contributed by atoms with E-state index in [1.54, 1.807) is 18.3 Å². The molecule has 1 heterocycles. The van der Waals surface area contributed by atoms with Crippen molar-refractivity contribution in [1.29, 1.82) is 0 Å². The maximum Gasteiger partial charge on any atom is 0.337 e. The summed E-state index contributed by atoms with van der Waals surface area (Å²) < 4.78 is 0. The highest BCUT2D eigenvalue weighted by atomic mass is 16.4. The molecule has 98 valence electrons. The minimum absolute atomic E-state index is 0.328. The molecule has 0 aliphatic heterocycles. The summed E-state index contributed by atoms with van der Waals surface area (Å²) in [6.07, 6.45) is 5.38. The fourth-order valence-electron chi connectivity index (χ4n) is 2.19. The predicted octanol–water partition coefficient (Wildman–Crippen LogP) is 2.40. The fourth-order valence-corrected chi connectivity index (χ4v) is 2.19. The van der Waals surface area contributed by atoms with Gasteiger partial charge in [0, 0.05) is 19.3 Å². The fraction of sp³-hybridized carbons (Fsp3) is 0.571. The minimum atomic E-state index is -0.888. The first-order valence-corrected chi connectivity index (χ1v) is 6.60. The zero-order chi connectivity index (χ0) is 13.0. The van der Waals surface area contributed by atoms with Crippen LogP contribution in [0.4, 0.5) is 0 Å². The number of aromatic nitrogens is 1. The Bertz CT molecular complexity index is 416. The van der Waals surface area contributed by atoms with Gasteiger partial charge in [0.05, 0.1) is 11.3 Å². The Morgan fingerprint density at radius 3 is 2.94 bits per heavy atom. The van der Waals surface area contributed by atoms with Crippen LogP contribution < -0.4 is 0 Å². The van der Waals surface area contributed by atoms with Crippen LogP contribution in [0.25, 0.3) is 0 Å². The van der Waals surface area contributed by atoms with E-state index in [9.17, 15) is 4.79 Å². The Labute approximate surface area is 108 Å². The molecule has 1 aromatic rings. The van der Waals surface area contributed by atoms with Crippen LogP contribution in [0.1, 0.15) is 42.2 Å². The molecule has 1 fully saturated rings. The molecule has 0 bridgehead atoms. The topological polar surface area (TPSA) is 53.4 Å². The van der Waals surface area contributed by atoms with Gasteiger partial charge in [-0.05, 0) is 43.9 Å². The van der Waals surface area contributed by atoms with Gasteiger partial charge in [0.1, 0.15) is 0 Å². The molecule has 1 aliphatic rings. The molecule has 0 saturated heterocycles. The van der Waals surface area contributed by atoms with Crippen molar-refractivity contribution in [1.82, 2.24) is 9.88 Å². The molecule has 0 spiro atoms. The number of hydrogen-bond acceptors (Lipinski definition) is 3. The highest BCUT2D eigenvalue weighted by Crippen LogP contribution is 2.30. The lowest BCUT2D eigenvalue weighted by molar-refractivity contribution is 0.0693. The summed E-state index contributed by atoms with van der Waals surface area (Å²) in [5.41, 5.74) is 1.01. The van der Waals surface area contributed by atoms with Crippen LogP contribution in [0.15, 0.2) is 18.3 Å². The third kappa shape index (κ3) is 3.53. The van der Waals surface area contributed by atoms with E-state index in [0.29, 0.717) is 17.8 Å². The van der Waals surface area contributed by atoms with Gasteiger partial charge in [-0.2, -0.15) is 0 Å². The van der Waals surface area contributed by atoms with Gasteiger partial charge in [0.2, 0.25) is 0 Å². The van der Waals surface area contributed by atoms with Gasteiger partial charge >= 0.3 is 5.97 Å². The maximum atomic E-state index is 11.1. The van der Waals surface area contributed by atoms with Crippen molar-refractivity contribution in [3.05, 3.63) is 29.6 Å². The van der Waals surface area contributed by atoms with E-state index in [4.69, 9.17) is 5.11 Å². The third-order valence-corrected chi connectivity index (χ3v) is 3.25.